The highest BCUT2D eigenvalue weighted by molar-refractivity contribution is 5.78. The lowest BCUT2D eigenvalue weighted by Gasteiger charge is -2.37. The van der Waals surface area contributed by atoms with E-state index in [4.69, 9.17) is 9.26 Å². The molecule has 3 rings (SSSR count). The van der Waals surface area contributed by atoms with Crippen LogP contribution in [0.3, 0.4) is 0 Å². The molecule has 0 spiro atoms. The summed E-state index contributed by atoms with van der Waals surface area (Å²) in [6, 6.07) is 0.0932. The van der Waals surface area contributed by atoms with E-state index in [-0.39, 0.29) is 17.4 Å². The van der Waals surface area contributed by atoms with Gasteiger partial charge in [-0.3, -0.25) is 14.6 Å². The van der Waals surface area contributed by atoms with Gasteiger partial charge >= 0.3 is 0 Å². The molecule has 3 heterocycles. The van der Waals surface area contributed by atoms with Crippen LogP contribution in [-0.4, -0.2) is 89.8 Å². The topological polar surface area (TPSA) is 74.9 Å². The first-order chi connectivity index (χ1) is 12.3. The van der Waals surface area contributed by atoms with E-state index in [9.17, 15) is 4.79 Å². The molecule has 2 aliphatic heterocycles. The molecule has 2 fully saturated rings. The Hall–Kier alpha value is -1.51. The van der Waals surface area contributed by atoms with Gasteiger partial charge in [-0.25, -0.2) is 0 Å². The number of carbonyl (C=O) groups is 1. The molecule has 0 bridgehead atoms. The molecule has 26 heavy (non-hydrogen) atoms. The largest absolute Gasteiger partial charge is 0.378 e. The summed E-state index contributed by atoms with van der Waals surface area (Å²) in [6.45, 7) is 15.1. The number of hydrogen-bond acceptors (Lipinski definition) is 7. The van der Waals surface area contributed by atoms with Crippen LogP contribution in [0.5, 0.6) is 0 Å². The molecule has 1 amide bonds. The highest BCUT2D eigenvalue weighted by Gasteiger charge is 2.29. The van der Waals surface area contributed by atoms with Gasteiger partial charge in [-0.15, -0.1) is 0 Å². The fourth-order valence-corrected chi connectivity index (χ4v) is 3.28. The van der Waals surface area contributed by atoms with Crippen molar-refractivity contribution in [3.8, 4) is 0 Å². The third kappa shape index (κ3) is 4.61. The van der Waals surface area contributed by atoms with Gasteiger partial charge in [-0.1, -0.05) is 25.9 Å². The summed E-state index contributed by atoms with van der Waals surface area (Å²) in [6.07, 6.45) is 0. The maximum Gasteiger partial charge on any atom is 0.243 e. The molecule has 1 aromatic heterocycles. The number of hydrogen-bond donors (Lipinski definition) is 0. The van der Waals surface area contributed by atoms with Crippen molar-refractivity contribution in [2.45, 2.75) is 39.2 Å². The van der Waals surface area contributed by atoms with Crippen LogP contribution < -0.4 is 0 Å². The lowest BCUT2D eigenvalue weighted by Crippen LogP contribution is -2.51. The number of ether oxygens (including phenoxy) is 1. The van der Waals surface area contributed by atoms with Gasteiger partial charge in [0.2, 0.25) is 11.8 Å². The van der Waals surface area contributed by atoms with Crippen LogP contribution in [0.15, 0.2) is 4.52 Å². The van der Waals surface area contributed by atoms with Crippen LogP contribution in [0, 0.1) is 0 Å². The molecule has 1 aromatic rings. The summed E-state index contributed by atoms with van der Waals surface area (Å²) in [7, 11) is 0. The second-order valence-corrected chi connectivity index (χ2v) is 8.19. The summed E-state index contributed by atoms with van der Waals surface area (Å²) in [5.41, 5.74) is -0.111. The number of morpholine rings is 1. The van der Waals surface area contributed by atoms with Crippen molar-refractivity contribution in [2.75, 3.05) is 59.0 Å². The number of piperazine rings is 1. The van der Waals surface area contributed by atoms with Crippen molar-refractivity contribution in [3.63, 3.8) is 0 Å². The van der Waals surface area contributed by atoms with Gasteiger partial charge in [-0.05, 0) is 6.92 Å². The lowest BCUT2D eigenvalue weighted by atomic mass is 9.96. The predicted molar refractivity (Wildman–Crippen MR) is 96.8 cm³/mol. The van der Waals surface area contributed by atoms with E-state index in [0.717, 1.165) is 32.0 Å². The third-order valence-corrected chi connectivity index (χ3v) is 5.15. The van der Waals surface area contributed by atoms with E-state index >= 15 is 0 Å². The second kappa shape index (κ2) is 8.02. The van der Waals surface area contributed by atoms with E-state index in [1.807, 2.05) is 4.90 Å². The Bertz CT molecular complexity index is 598. The summed E-state index contributed by atoms with van der Waals surface area (Å²) in [4.78, 5) is 23.4. The van der Waals surface area contributed by atoms with E-state index < -0.39 is 0 Å². The Balaban J connectivity index is 1.48. The fourth-order valence-electron chi connectivity index (χ4n) is 3.28. The average Bonchev–Trinajstić information content (AvgIpc) is 3.13. The van der Waals surface area contributed by atoms with Gasteiger partial charge in [0.25, 0.3) is 0 Å². The van der Waals surface area contributed by atoms with Crippen molar-refractivity contribution in [3.05, 3.63) is 11.7 Å². The van der Waals surface area contributed by atoms with E-state index in [1.165, 1.54) is 0 Å². The summed E-state index contributed by atoms with van der Waals surface area (Å²) in [5.74, 6) is 1.63. The minimum Gasteiger partial charge on any atom is -0.378 e. The maximum absolute atomic E-state index is 12.4. The number of carbonyl (C=O) groups excluding carboxylic acids is 1. The summed E-state index contributed by atoms with van der Waals surface area (Å²) in [5, 5.41) is 4.13. The standard InChI is InChI=1S/C18H31N5O3/c1-14(16-19-17(20-26-16)18(2,3)4)22-7-5-21(6-8-22)13-15(24)23-9-11-25-12-10-23/h14H,5-13H2,1-4H3/t14-/m1/s1. The van der Waals surface area contributed by atoms with Crippen molar-refractivity contribution < 1.29 is 14.1 Å². The SMILES string of the molecule is C[C@H](c1nc(C(C)(C)C)no1)N1CCN(CC(=O)N2CCOCC2)CC1. The number of amides is 1. The molecule has 146 valence electrons. The molecule has 0 saturated carbocycles. The molecule has 2 saturated heterocycles. The zero-order chi connectivity index (χ0) is 18.7. The Labute approximate surface area is 155 Å². The van der Waals surface area contributed by atoms with Gasteiger partial charge in [0.15, 0.2) is 5.82 Å². The smallest absolute Gasteiger partial charge is 0.243 e. The van der Waals surface area contributed by atoms with Gasteiger partial charge in [0.05, 0.1) is 25.8 Å². The highest BCUT2D eigenvalue weighted by atomic mass is 16.5. The molecule has 8 nitrogen and oxygen atoms in total. The van der Waals surface area contributed by atoms with Gasteiger partial charge in [0, 0.05) is 44.7 Å². The summed E-state index contributed by atoms with van der Waals surface area (Å²) < 4.78 is 10.8. The Morgan fingerprint density at radius 3 is 2.35 bits per heavy atom. The first kappa shape index (κ1) is 19.3. The van der Waals surface area contributed by atoms with Crippen molar-refractivity contribution in [1.29, 1.82) is 0 Å². The first-order valence-electron chi connectivity index (χ1n) is 9.50. The molecule has 8 heteroatoms. The van der Waals surface area contributed by atoms with Crippen LogP contribution >= 0.6 is 0 Å². The maximum atomic E-state index is 12.4. The Kier molecular flexibility index (Phi) is 5.94. The van der Waals surface area contributed by atoms with Gasteiger partial charge in [0.1, 0.15) is 0 Å². The number of rotatable bonds is 4. The van der Waals surface area contributed by atoms with Crippen LogP contribution in [0.25, 0.3) is 0 Å². The minimum absolute atomic E-state index is 0.0932. The second-order valence-electron chi connectivity index (χ2n) is 8.19. The molecule has 1 atom stereocenters. The quantitative estimate of drug-likeness (QED) is 0.785. The van der Waals surface area contributed by atoms with E-state index in [1.54, 1.807) is 0 Å². The molecule has 2 aliphatic rings. The molecule has 0 unspecified atom stereocenters. The molecular formula is C18H31N5O3. The number of nitrogens with zero attached hydrogens (tertiary/aromatic N) is 5. The zero-order valence-electron chi connectivity index (χ0n) is 16.4. The van der Waals surface area contributed by atoms with Crippen LogP contribution in [0.1, 0.15) is 45.5 Å². The average molecular weight is 365 g/mol. The van der Waals surface area contributed by atoms with Gasteiger partial charge < -0.3 is 14.2 Å². The van der Waals surface area contributed by atoms with Crippen molar-refractivity contribution in [2.24, 2.45) is 0 Å². The number of aromatic nitrogens is 2. The Morgan fingerprint density at radius 2 is 1.77 bits per heavy atom. The minimum atomic E-state index is -0.111. The lowest BCUT2D eigenvalue weighted by molar-refractivity contribution is -0.137. The first-order valence-corrected chi connectivity index (χ1v) is 9.50. The van der Waals surface area contributed by atoms with Crippen LogP contribution in [0.4, 0.5) is 0 Å². The van der Waals surface area contributed by atoms with Crippen molar-refractivity contribution >= 4 is 5.91 Å². The molecular weight excluding hydrogens is 334 g/mol. The highest BCUT2D eigenvalue weighted by Crippen LogP contribution is 2.24. The van der Waals surface area contributed by atoms with E-state index in [0.29, 0.717) is 38.7 Å². The van der Waals surface area contributed by atoms with E-state index in [2.05, 4.69) is 47.6 Å². The molecule has 0 aromatic carbocycles. The van der Waals surface area contributed by atoms with Crippen molar-refractivity contribution in [1.82, 2.24) is 24.8 Å². The molecule has 0 radical (unpaired) electrons. The zero-order valence-corrected chi connectivity index (χ0v) is 16.4. The van der Waals surface area contributed by atoms with Gasteiger partial charge in [-0.2, -0.15) is 4.98 Å². The molecule has 0 N–H and O–H groups in total. The molecule has 0 aliphatic carbocycles. The summed E-state index contributed by atoms with van der Waals surface area (Å²) >= 11 is 0. The van der Waals surface area contributed by atoms with Crippen LogP contribution in [-0.2, 0) is 14.9 Å². The Morgan fingerprint density at radius 1 is 1.12 bits per heavy atom. The fraction of sp³-hybridized carbons (Fsp3) is 0.833. The van der Waals surface area contributed by atoms with Crippen LogP contribution in [0.2, 0.25) is 0 Å². The monoisotopic (exact) mass is 365 g/mol. The normalized spacial score (nSPS) is 21.8. The predicted octanol–water partition coefficient (Wildman–Crippen LogP) is 0.905. The third-order valence-electron chi connectivity index (χ3n) is 5.15.